The monoisotopic (exact) mass is 276 g/mol. The highest BCUT2D eigenvalue weighted by atomic mass is 19.1. The van der Waals surface area contributed by atoms with Gasteiger partial charge in [-0.3, -0.25) is 0 Å². The summed E-state index contributed by atoms with van der Waals surface area (Å²) in [6.45, 7) is 7.20. The summed E-state index contributed by atoms with van der Waals surface area (Å²) in [5, 5.41) is 4.27. The average Bonchev–Trinajstić information content (AvgIpc) is 2.93. The zero-order chi connectivity index (χ0) is 14.1. The Morgan fingerprint density at radius 3 is 3.15 bits per heavy atom. The molecule has 1 unspecified atom stereocenters. The minimum atomic E-state index is -0.199. The topological polar surface area (TPSA) is 28.4 Å². The summed E-state index contributed by atoms with van der Waals surface area (Å²) in [5.41, 5.74) is 1.68. The van der Waals surface area contributed by atoms with E-state index in [0.29, 0.717) is 12.0 Å². The lowest BCUT2D eigenvalue weighted by Crippen LogP contribution is -2.54. The number of benzene rings is 1. The molecular weight excluding hydrogens is 255 g/mol. The molecule has 4 heteroatoms. The summed E-state index contributed by atoms with van der Waals surface area (Å²) in [6.07, 6.45) is 2.74. The van der Waals surface area contributed by atoms with Gasteiger partial charge >= 0.3 is 0 Å². The lowest BCUT2D eigenvalue weighted by Gasteiger charge is -2.41. The molecular formula is C16H21FN2O. The Hall–Kier alpha value is -1.55. The van der Waals surface area contributed by atoms with Gasteiger partial charge in [-0.1, -0.05) is 20.3 Å². The number of fused-ring (bicyclic) bond motifs is 1. The Bertz CT molecular complexity index is 595. The van der Waals surface area contributed by atoms with Gasteiger partial charge in [0.15, 0.2) is 5.58 Å². The van der Waals surface area contributed by atoms with Crippen molar-refractivity contribution in [2.24, 2.45) is 5.92 Å². The Balaban J connectivity index is 2.05. The molecule has 108 valence electrons. The van der Waals surface area contributed by atoms with E-state index in [4.69, 9.17) is 4.42 Å². The molecule has 1 saturated heterocycles. The van der Waals surface area contributed by atoms with Crippen molar-refractivity contribution in [3.63, 3.8) is 0 Å². The average molecular weight is 276 g/mol. The first kappa shape index (κ1) is 13.4. The summed E-state index contributed by atoms with van der Waals surface area (Å²) in [7, 11) is 0. The molecule has 0 amide bonds. The molecule has 2 atom stereocenters. The second-order valence-corrected chi connectivity index (χ2v) is 5.61. The molecule has 0 radical (unpaired) electrons. The van der Waals surface area contributed by atoms with E-state index in [0.717, 1.165) is 42.7 Å². The van der Waals surface area contributed by atoms with E-state index in [-0.39, 0.29) is 5.82 Å². The van der Waals surface area contributed by atoms with Crippen molar-refractivity contribution in [1.82, 2.24) is 5.32 Å². The molecule has 0 saturated carbocycles. The molecule has 3 rings (SSSR count). The maximum Gasteiger partial charge on any atom is 0.157 e. The van der Waals surface area contributed by atoms with Crippen LogP contribution in [0.25, 0.3) is 11.0 Å². The largest absolute Gasteiger partial charge is 0.462 e. The van der Waals surface area contributed by atoms with E-state index in [9.17, 15) is 4.39 Å². The number of halogens is 1. The number of nitrogens with one attached hydrogen (secondary N) is 1. The fourth-order valence-corrected chi connectivity index (χ4v) is 3.05. The second-order valence-electron chi connectivity index (χ2n) is 5.61. The van der Waals surface area contributed by atoms with Gasteiger partial charge in [0.1, 0.15) is 5.82 Å². The third-order valence-corrected chi connectivity index (χ3v) is 4.39. The fourth-order valence-electron chi connectivity index (χ4n) is 3.05. The molecule has 1 aliphatic rings. The number of hydrogen-bond donors (Lipinski definition) is 1. The van der Waals surface area contributed by atoms with Gasteiger partial charge in [0.2, 0.25) is 0 Å². The van der Waals surface area contributed by atoms with Crippen molar-refractivity contribution < 1.29 is 8.81 Å². The highest BCUT2D eigenvalue weighted by Crippen LogP contribution is 2.32. The number of hydrogen-bond acceptors (Lipinski definition) is 3. The maximum atomic E-state index is 13.9. The molecule has 1 N–H and O–H groups in total. The Kier molecular flexibility index (Phi) is 3.66. The van der Waals surface area contributed by atoms with E-state index in [1.807, 2.05) is 6.07 Å². The zero-order valence-electron chi connectivity index (χ0n) is 12.0. The minimum Gasteiger partial charge on any atom is -0.462 e. The van der Waals surface area contributed by atoms with Crippen LogP contribution in [0.3, 0.4) is 0 Å². The molecule has 1 aromatic carbocycles. The van der Waals surface area contributed by atoms with Crippen LogP contribution in [0.5, 0.6) is 0 Å². The van der Waals surface area contributed by atoms with Gasteiger partial charge in [-0.25, -0.2) is 4.39 Å². The van der Waals surface area contributed by atoms with Gasteiger partial charge in [-0.05, 0) is 18.1 Å². The van der Waals surface area contributed by atoms with Crippen molar-refractivity contribution in [1.29, 1.82) is 0 Å². The highest BCUT2D eigenvalue weighted by molar-refractivity contribution is 5.89. The van der Waals surface area contributed by atoms with Gasteiger partial charge in [-0.2, -0.15) is 0 Å². The number of furan rings is 1. The van der Waals surface area contributed by atoms with Crippen LogP contribution in [-0.2, 0) is 0 Å². The Morgan fingerprint density at radius 2 is 2.35 bits per heavy atom. The van der Waals surface area contributed by atoms with Crippen LogP contribution in [-0.4, -0.2) is 25.7 Å². The SMILES string of the molecule is CCC(C)[C@H]1CNCCN1c1cc(F)cc2ccoc12. The number of anilines is 1. The quantitative estimate of drug-likeness (QED) is 0.931. The summed E-state index contributed by atoms with van der Waals surface area (Å²) < 4.78 is 19.4. The van der Waals surface area contributed by atoms with Crippen LogP contribution >= 0.6 is 0 Å². The molecule has 1 aliphatic heterocycles. The molecule has 0 spiro atoms. The standard InChI is InChI=1S/C16H21FN2O/c1-3-11(2)15-10-18-5-6-19(15)14-9-13(17)8-12-4-7-20-16(12)14/h4,7-9,11,15,18H,3,5-6,10H2,1-2H3/t11?,15-/m1/s1. The maximum absolute atomic E-state index is 13.9. The van der Waals surface area contributed by atoms with Gasteiger partial charge in [0.05, 0.1) is 12.0 Å². The molecule has 3 nitrogen and oxygen atoms in total. The fraction of sp³-hybridized carbons (Fsp3) is 0.500. The van der Waals surface area contributed by atoms with Crippen LogP contribution in [0.4, 0.5) is 10.1 Å². The Morgan fingerprint density at radius 1 is 1.50 bits per heavy atom. The third-order valence-electron chi connectivity index (χ3n) is 4.39. The number of piperazine rings is 1. The van der Waals surface area contributed by atoms with Gasteiger partial charge < -0.3 is 14.6 Å². The van der Waals surface area contributed by atoms with Gasteiger partial charge in [-0.15, -0.1) is 0 Å². The van der Waals surface area contributed by atoms with Gasteiger partial charge in [0, 0.05) is 37.1 Å². The summed E-state index contributed by atoms with van der Waals surface area (Å²) >= 11 is 0. The second kappa shape index (κ2) is 5.44. The zero-order valence-corrected chi connectivity index (χ0v) is 12.0. The number of rotatable bonds is 3. The third kappa shape index (κ3) is 2.29. The van der Waals surface area contributed by atoms with Crippen molar-refractivity contribution >= 4 is 16.7 Å². The normalized spacial score (nSPS) is 21.4. The van der Waals surface area contributed by atoms with Crippen molar-refractivity contribution in [3.05, 3.63) is 30.3 Å². The molecule has 0 aliphatic carbocycles. The highest BCUT2D eigenvalue weighted by Gasteiger charge is 2.28. The van der Waals surface area contributed by atoms with E-state index >= 15 is 0 Å². The summed E-state index contributed by atoms with van der Waals surface area (Å²) in [4.78, 5) is 2.31. The minimum absolute atomic E-state index is 0.199. The predicted molar refractivity (Wildman–Crippen MR) is 79.6 cm³/mol. The summed E-state index contributed by atoms with van der Waals surface area (Å²) in [5.74, 6) is 0.353. The van der Waals surface area contributed by atoms with Crippen molar-refractivity contribution in [2.75, 3.05) is 24.5 Å². The molecule has 0 bridgehead atoms. The van der Waals surface area contributed by atoms with Crippen molar-refractivity contribution in [3.8, 4) is 0 Å². The molecule has 20 heavy (non-hydrogen) atoms. The molecule has 2 heterocycles. The summed E-state index contributed by atoms with van der Waals surface area (Å²) in [6, 6.07) is 5.33. The first-order valence-electron chi connectivity index (χ1n) is 7.34. The molecule has 2 aromatic rings. The molecule has 1 fully saturated rings. The van der Waals surface area contributed by atoms with Crippen molar-refractivity contribution in [2.45, 2.75) is 26.3 Å². The van der Waals surface area contributed by atoms with E-state index < -0.39 is 0 Å². The lowest BCUT2D eigenvalue weighted by molar-refractivity contribution is 0.362. The van der Waals surface area contributed by atoms with Crippen LogP contribution in [0.1, 0.15) is 20.3 Å². The van der Waals surface area contributed by atoms with E-state index in [2.05, 4.69) is 24.1 Å². The van der Waals surface area contributed by atoms with Gasteiger partial charge in [0.25, 0.3) is 0 Å². The van der Waals surface area contributed by atoms with E-state index in [1.165, 1.54) is 6.07 Å². The number of nitrogens with zero attached hydrogens (tertiary/aromatic N) is 1. The van der Waals surface area contributed by atoms with Crippen LogP contribution < -0.4 is 10.2 Å². The molecule has 1 aromatic heterocycles. The van der Waals surface area contributed by atoms with Crippen LogP contribution in [0.15, 0.2) is 28.9 Å². The smallest absolute Gasteiger partial charge is 0.157 e. The predicted octanol–water partition coefficient (Wildman–Crippen LogP) is 3.40. The first-order valence-corrected chi connectivity index (χ1v) is 7.34. The lowest BCUT2D eigenvalue weighted by atomic mass is 9.95. The first-order chi connectivity index (χ1) is 9.70. The Labute approximate surface area is 118 Å². The van der Waals surface area contributed by atoms with Crippen LogP contribution in [0.2, 0.25) is 0 Å². The van der Waals surface area contributed by atoms with E-state index in [1.54, 1.807) is 12.3 Å². The van der Waals surface area contributed by atoms with Crippen LogP contribution in [0, 0.1) is 11.7 Å².